The highest BCUT2D eigenvalue weighted by Crippen LogP contribution is 2.20. The highest BCUT2D eigenvalue weighted by molar-refractivity contribution is 6.60. The first-order chi connectivity index (χ1) is 9.10. The minimum absolute atomic E-state index is 0.673. The summed E-state index contributed by atoms with van der Waals surface area (Å²) in [5, 5.41) is 0. The molecule has 0 aliphatic heterocycles. The van der Waals surface area contributed by atoms with Crippen LogP contribution in [0.25, 0.3) is 0 Å². The van der Waals surface area contributed by atoms with Gasteiger partial charge in [-0.15, -0.1) is 0 Å². The molecule has 0 atom stereocenters. The molecule has 0 radical (unpaired) electrons. The van der Waals surface area contributed by atoms with Crippen LogP contribution in [0.2, 0.25) is 6.04 Å². The molecule has 0 aromatic carbocycles. The third kappa shape index (κ3) is 9.57. The quantitative estimate of drug-likeness (QED) is 0.385. The summed E-state index contributed by atoms with van der Waals surface area (Å²) in [7, 11) is 1.86. The van der Waals surface area contributed by atoms with Crippen LogP contribution in [0.5, 0.6) is 0 Å². The zero-order valence-electron chi connectivity index (χ0n) is 13.5. The minimum atomic E-state index is -2.39. The van der Waals surface area contributed by atoms with Crippen LogP contribution in [0, 0.1) is 0 Å². The van der Waals surface area contributed by atoms with Gasteiger partial charge in [0.2, 0.25) is 0 Å². The Morgan fingerprint density at radius 1 is 0.737 bits per heavy atom. The molecule has 0 aliphatic rings. The van der Waals surface area contributed by atoms with E-state index in [1.807, 2.05) is 20.8 Å². The smallest absolute Gasteiger partial charge is 0.374 e. The molecule has 19 heavy (non-hydrogen) atoms. The molecule has 0 unspecified atom stereocenters. The molecule has 116 valence electrons. The number of rotatable bonds is 13. The van der Waals surface area contributed by atoms with Crippen molar-refractivity contribution in [3.63, 3.8) is 0 Å². The summed E-state index contributed by atoms with van der Waals surface area (Å²) in [6.45, 7) is 9.22. The van der Waals surface area contributed by atoms with Gasteiger partial charge in [0.1, 0.15) is 0 Å². The van der Waals surface area contributed by atoms with Crippen LogP contribution in [0.1, 0.15) is 46.5 Å². The molecule has 0 heterocycles. The maximum Gasteiger partial charge on any atom is 0.500 e. The van der Waals surface area contributed by atoms with Gasteiger partial charge in [0.15, 0.2) is 0 Å². The lowest BCUT2D eigenvalue weighted by molar-refractivity contribution is 0.0706. The zero-order chi connectivity index (χ0) is 14.6. The Morgan fingerprint density at radius 3 is 1.63 bits per heavy atom. The van der Waals surface area contributed by atoms with Crippen molar-refractivity contribution in [1.29, 1.82) is 0 Å². The van der Waals surface area contributed by atoms with Gasteiger partial charge >= 0.3 is 8.80 Å². The second kappa shape index (κ2) is 11.8. The lowest BCUT2D eigenvalue weighted by Crippen LogP contribution is -2.45. The standard InChI is InChI=1S/C14H33NO3Si/c1-6-16-19(17-7-2,18-8-3)14-12-10-9-11-13-15(4)5/h6-14H2,1-5H3. The van der Waals surface area contributed by atoms with Crippen molar-refractivity contribution in [3.05, 3.63) is 0 Å². The second-order valence-corrected chi connectivity index (χ2v) is 7.68. The highest BCUT2D eigenvalue weighted by atomic mass is 28.4. The van der Waals surface area contributed by atoms with Gasteiger partial charge in [0, 0.05) is 25.9 Å². The van der Waals surface area contributed by atoms with E-state index in [-0.39, 0.29) is 0 Å². The van der Waals surface area contributed by atoms with Crippen molar-refractivity contribution in [2.24, 2.45) is 0 Å². The Balaban J connectivity index is 3.96. The number of hydrogen-bond acceptors (Lipinski definition) is 4. The molecule has 0 fully saturated rings. The van der Waals surface area contributed by atoms with Crippen molar-refractivity contribution in [2.75, 3.05) is 40.5 Å². The Kier molecular flexibility index (Phi) is 11.9. The van der Waals surface area contributed by atoms with E-state index in [9.17, 15) is 0 Å². The largest absolute Gasteiger partial charge is 0.500 e. The van der Waals surface area contributed by atoms with E-state index in [2.05, 4.69) is 19.0 Å². The molecule has 0 aromatic rings. The summed E-state index contributed by atoms with van der Waals surface area (Å²) in [6, 6.07) is 0.949. The molecule has 0 saturated carbocycles. The molecular weight excluding hydrogens is 258 g/mol. The number of unbranched alkanes of at least 4 members (excludes halogenated alkanes) is 3. The van der Waals surface area contributed by atoms with Gasteiger partial charge in [-0.2, -0.15) is 0 Å². The van der Waals surface area contributed by atoms with Crippen molar-refractivity contribution in [1.82, 2.24) is 4.90 Å². The third-order valence-corrected chi connectivity index (χ3v) is 6.08. The van der Waals surface area contributed by atoms with Gasteiger partial charge in [0.05, 0.1) is 0 Å². The summed E-state index contributed by atoms with van der Waals surface area (Å²) >= 11 is 0. The zero-order valence-corrected chi connectivity index (χ0v) is 14.5. The van der Waals surface area contributed by atoms with Crippen LogP contribution in [0.3, 0.4) is 0 Å². The molecule has 0 bridgehead atoms. The summed E-state index contributed by atoms with van der Waals surface area (Å²) < 4.78 is 17.5. The average molecular weight is 292 g/mol. The summed E-state index contributed by atoms with van der Waals surface area (Å²) in [4.78, 5) is 2.24. The average Bonchev–Trinajstić information content (AvgIpc) is 2.34. The number of nitrogens with zero attached hydrogens (tertiary/aromatic N) is 1. The van der Waals surface area contributed by atoms with Gasteiger partial charge in [-0.05, 0) is 54.3 Å². The first-order valence-electron chi connectivity index (χ1n) is 7.66. The Morgan fingerprint density at radius 2 is 1.21 bits per heavy atom. The lowest BCUT2D eigenvalue weighted by Gasteiger charge is -2.28. The molecule has 4 nitrogen and oxygen atoms in total. The van der Waals surface area contributed by atoms with Gasteiger partial charge in [-0.3, -0.25) is 0 Å². The molecule has 5 heteroatoms. The van der Waals surface area contributed by atoms with Crippen LogP contribution in [0.4, 0.5) is 0 Å². The SMILES string of the molecule is CCO[Si](CCCCCCN(C)C)(OCC)OCC. The highest BCUT2D eigenvalue weighted by Gasteiger charge is 2.39. The van der Waals surface area contributed by atoms with E-state index >= 15 is 0 Å². The van der Waals surface area contributed by atoms with Crippen LogP contribution in [0.15, 0.2) is 0 Å². The van der Waals surface area contributed by atoms with Crippen LogP contribution in [-0.4, -0.2) is 54.2 Å². The van der Waals surface area contributed by atoms with Gasteiger partial charge < -0.3 is 18.2 Å². The van der Waals surface area contributed by atoms with Crippen molar-refractivity contribution in [3.8, 4) is 0 Å². The van der Waals surface area contributed by atoms with Crippen LogP contribution >= 0.6 is 0 Å². The van der Waals surface area contributed by atoms with Gasteiger partial charge in [-0.1, -0.05) is 12.8 Å². The van der Waals surface area contributed by atoms with Crippen molar-refractivity contribution in [2.45, 2.75) is 52.5 Å². The van der Waals surface area contributed by atoms with Crippen molar-refractivity contribution < 1.29 is 13.3 Å². The summed E-state index contributed by atoms with van der Waals surface area (Å²) in [5.74, 6) is 0. The van der Waals surface area contributed by atoms with E-state index < -0.39 is 8.80 Å². The molecule has 0 aliphatic carbocycles. The van der Waals surface area contributed by atoms with E-state index in [1.165, 1.54) is 25.8 Å². The van der Waals surface area contributed by atoms with Gasteiger partial charge in [0.25, 0.3) is 0 Å². The Hall–Kier alpha value is 0.0569. The maximum atomic E-state index is 5.84. The normalized spacial score (nSPS) is 12.3. The fourth-order valence-electron chi connectivity index (χ4n) is 2.12. The second-order valence-electron chi connectivity index (χ2n) is 4.95. The summed E-state index contributed by atoms with van der Waals surface area (Å²) in [6.07, 6.45) is 4.90. The van der Waals surface area contributed by atoms with E-state index in [1.54, 1.807) is 0 Å². The molecular formula is C14H33NO3Si. The molecule has 0 N–H and O–H groups in total. The first kappa shape index (κ1) is 19.1. The van der Waals surface area contributed by atoms with Crippen LogP contribution in [-0.2, 0) is 13.3 Å². The maximum absolute atomic E-state index is 5.84. The predicted molar refractivity (Wildman–Crippen MR) is 82.5 cm³/mol. The molecule has 0 rings (SSSR count). The van der Waals surface area contributed by atoms with Crippen LogP contribution < -0.4 is 0 Å². The van der Waals surface area contributed by atoms with E-state index in [0.717, 1.165) is 12.5 Å². The molecule has 0 aromatic heterocycles. The monoisotopic (exact) mass is 291 g/mol. The molecule has 0 spiro atoms. The fourth-order valence-corrected chi connectivity index (χ4v) is 4.81. The van der Waals surface area contributed by atoms with Crippen molar-refractivity contribution >= 4 is 8.80 Å². The topological polar surface area (TPSA) is 30.9 Å². The fraction of sp³-hybridized carbons (Fsp3) is 1.00. The van der Waals surface area contributed by atoms with E-state index in [0.29, 0.717) is 19.8 Å². The number of hydrogen-bond donors (Lipinski definition) is 0. The lowest BCUT2D eigenvalue weighted by atomic mass is 10.2. The predicted octanol–water partition coefficient (Wildman–Crippen LogP) is 3.16. The Bertz CT molecular complexity index is 186. The Labute approximate surface area is 120 Å². The summed E-state index contributed by atoms with van der Waals surface area (Å²) in [5.41, 5.74) is 0. The molecule has 0 amide bonds. The minimum Gasteiger partial charge on any atom is -0.374 e. The van der Waals surface area contributed by atoms with Gasteiger partial charge in [-0.25, -0.2) is 0 Å². The van der Waals surface area contributed by atoms with E-state index in [4.69, 9.17) is 13.3 Å². The first-order valence-corrected chi connectivity index (χ1v) is 9.60. The third-order valence-electron chi connectivity index (χ3n) is 2.93. The molecule has 0 saturated heterocycles.